The number of hydrogen-bond acceptors (Lipinski definition) is 5. The molecule has 1 amide bonds. The van der Waals surface area contributed by atoms with Gasteiger partial charge in [0, 0.05) is 11.9 Å². The molecule has 1 heterocycles. The summed E-state index contributed by atoms with van der Waals surface area (Å²) in [6.07, 6.45) is 0. The van der Waals surface area contributed by atoms with Crippen molar-refractivity contribution in [3.8, 4) is 17.2 Å². The summed E-state index contributed by atoms with van der Waals surface area (Å²) in [5.74, 6) is 1.52. The van der Waals surface area contributed by atoms with Gasteiger partial charge >= 0.3 is 0 Å². The van der Waals surface area contributed by atoms with Gasteiger partial charge < -0.3 is 19.5 Å². The second-order valence-electron chi connectivity index (χ2n) is 4.36. The number of nitrogens with one attached hydrogen (secondary N) is 1. The second kappa shape index (κ2) is 7.51. The average molecular weight is 386 g/mol. The molecule has 5 nitrogen and oxygen atoms in total. The van der Waals surface area contributed by atoms with E-state index in [-0.39, 0.29) is 5.91 Å². The highest BCUT2D eigenvalue weighted by Gasteiger charge is 2.14. The van der Waals surface area contributed by atoms with Crippen molar-refractivity contribution in [3.05, 3.63) is 38.5 Å². The van der Waals surface area contributed by atoms with Gasteiger partial charge in [-0.3, -0.25) is 4.79 Å². The number of ether oxygens (including phenoxy) is 3. The minimum atomic E-state index is -0.129. The lowest BCUT2D eigenvalue weighted by molar-refractivity contribution is 0.0951. The average Bonchev–Trinajstić information content (AvgIpc) is 2.97. The van der Waals surface area contributed by atoms with Crippen molar-refractivity contribution in [1.29, 1.82) is 0 Å². The monoisotopic (exact) mass is 385 g/mol. The van der Waals surface area contributed by atoms with Crippen LogP contribution < -0.4 is 19.5 Å². The smallest absolute Gasteiger partial charge is 0.252 e. The maximum absolute atomic E-state index is 12.1. The van der Waals surface area contributed by atoms with Crippen LogP contribution in [0.2, 0.25) is 0 Å². The largest absolute Gasteiger partial charge is 0.493 e. The van der Waals surface area contributed by atoms with E-state index in [1.807, 2.05) is 12.1 Å². The van der Waals surface area contributed by atoms with Gasteiger partial charge in [-0.15, -0.1) is 11.3 Å². The number of rotatable bonds is 6. The lowest BCUT2D eigenvalue weighted by atomic mass is 10.1. The predicted molar refractivity (Wildman–Crippen MR) is 89.3 cm³/mol. The normalized spacial score (nSPS) is 10.2. The molecule has 0 bridgehead atoms. The van der Waals surface area contributed by atoms with Crippen LogP contribution in [-0.2, 0) is 6.54 Å². The van der Waals surface area contributed by atoms with Crippen LogP contribution in [0, 0.1) is 0 Å². The summed E-state index contributed by atoms with van der Waals surface area (Å²) in [5.41, 5.74) is 1.49. The van der Waals surface area contributed by atoms with Crippen molar-refractivity contribution in [2.75, 3.05) is 21.3 Å². The third-order valence-electron chi connectivity index (χ3n) is 3.01. The number of methoxy groups -OCH3 is 3. The topological polar surface area (TPSA) is 56.8 Å². The lowest BCUT2D eigenvalue weighted by Crippen LogP contribution is -2.22. The number of thiophene rings is 1. The fourth-order valence-corrected chi connectivity index (χ4v) is 3.09. The number of carbonyl (C=O) groups is 1. The van der Waals surface area contributed by atoms with Gasteiger partial charge in [0.05, 0.1) is 30.7 Å². The van der Waals surface area contributed by atoms with Gasteiger partial charge in [-0.05, 0) is 39.7 Å². The van der Waals surface area contributed by atoms with E-state index in [1.165, 1.54) is 11.3 Å². The molecule has 0 atom stereocenters. The van der Waals surface area contributed by atoms with E-state index in [2.05, 4.69) is 21.2 Å². The third-order valence-corrected chi connectivity index (χ3v) is 4.51. The Morgan fingerprint density at radius 1 is 1.14 bits per heavy atom. The molecule has 1 aromatic heterocycles. The molecule has 2 rings (SSSR count). The first-order valence-corrected chi connectivity index (χ1v) is 8.07. The van der Waals surface area contributed by atoms with E-state index < -0.39 is 0 Å². The van der Waals surface area contributed by atoms with E-state index >= 15 is 0 Å². The highest BCUT2D eigenvalue weighted by Crippen LogP contribution is 2.38. The van der Waals surface area contributed by atoms with Crippen molar-refractivity contribution in [1.82, 2.24) is 5.32 Å². The molecule has 2 aromatic rings. The molecule has 0 aliphatic heterocycles. The number of amides is 1. The van der Waals surface area contributed by atoms with Gasteiger partial charge in [0.25, 0.3) is 5.91 Å². The minimum Gasteiger partial charge on any atom is -0.493 e. The Bertz CT molecular complexity index is 646. The molecule has 1 N–H and O–H groups in total. The van der Waals surface area contributed by atoms with Crippen LogP contribution in [0.1, 0.15) is 15.9 Å². The Kier molecular flexibility index (Phi) is 5.68. The quantitative estimate of drug-likeness (QED) is 0.826. The zero-order valence-electron chi connectivity index (χ0n) is 12.4. The molecule has 0 spiro atoms. The zero-order valence-corrected chi connectivity index (χ0v) is 14.8. The summed E-state index contributed by atoms with van der Waals surface area (Å²) in [6.45, 7) is 0.364. The molecule has 0 radical (unpaired) electrons. The molecule has 0 unspecified atom stereocenters. The molecule has 0 aliphatic carbocycles. The first-order valence-electron chi connectivity index (χ1n) is 6.40. The SMILES string of the molecule is COc1cc(CNC(=O)c2csc(Br)c2)cc(OC)c1OC. The van der Waals surface area contributed by atoms with Gasteiger partial charge in [-0.1, -0.05) is 0 Å². The van der Waals surface area contributed by atoms with Crippen LogP contribution in [0.3, 0.4) is 0 Å². The van der Waals surface area contributed by atoms with Crippen molar-refractivity contribution < 1.29 is 19.0 Å². The van der Waals surface area contributed by atoms with Crippen LogP contribution in [0.5, 0.6) is 17.2 Å². The highest BCUT2D eigenvalue weighted by molar-refractivity contribution is 9.11. The van der Waals surface area contributed by atoms with Crippen molar-refractivity contribution in [2.24, 2.45) is 0 Å². The second-order valence-corrected chi connectivity index (χ2v) is 6.65. The summed E-state index contributed by atoms with van der Waals surface area (Å²) in [6, 6.07) is 5.41. The third kappa shape index (κ3) is 3.72. The minimum absolute atomic E-state index is 0.129. The van der Waals surface area contributed by atoms with E-state index in [4.69, 9.17) is 14.2 Å². The molecule has 22 heavy (non-hydrogen) atoms. The van der Waals surface area contributed by atoms with E-state index in [1.54, 1.807) is 32.8 Å². The standard InChI is InChI=1S/C15H16BrNO4S/c1-19-11-4-9(5-12(20-2)14(11)21-3)7-17-15(18)10-6-13(16)22-8-10/h4-6,8H,7H2,1-3H3,(H,17,18). The molecular weight excluding hydrogens is 370 g/mol. The molecule has 0 saturated carbocycles. The highest BCUT2D eigenvalue weighted by atomic mass is 79.9. The summed E-state index contributed by atoms with van der Waals surface area (Å²) in [5, 5.41) is 4.66. The van der Waals surface area contributed by atoms with Gasteiger partial charge in [0.15, 0.2) is 11.5 Å². The van der Waals surface area contributed by atoms with Crippen LogP contribution in [0.25, 0.3) is 0 Å². The lowest BCUT2D eigenvalue weighted by Gasteiger charge is -2.14. The Labute approximate surface area is 141 Å². The number of carbonyl (C=O) groups excluding carboxylic acids is 1. The number of hydrogen-bond donors (Lipinski definition) is 1. The van der Waals surface area contributed by atoms with Gasteiger partial charge in [0.1, 0.15) is 0 Å². The molecule has 0 fully saturated rings. The summed E-state index contributed by atoms with van der Waals surface area (Å²) < 4.78 is 16.8. The number of halogens is 1. The molecule has 7 heteroatoms. The van der Waals surface area contributed by atoms with Crippen LogP contribution in [0.4, 0.5) is 0 Å². The number of benzene rings is 1. The summed E-state index contributed by atoms with van der Waals surface area (Å²) in [4.78, 5) is 12.1. The van der Waals surface area contributed by atoms with Crippen LogP contribution in [0.15, 0.2) is 27.4 Å². The molecule has 0 aliphatic rings. The fourth-order valence-electron chi connectivity index (χ4n) is 1.95. The fraction of sp³-hybridized carbons (Fsp3) is 0.267. The van der Waals surface area contributed by atoms with Crippen LogP contribution in [-0.4, -0.2) is 27.2 Å². The van der Waals surface area contributed by atoms with Crippen molar-refractivity contribution in [3.63, 3.8) is 0 Å². The molecular formula is C15H16BrNO4S. The molecule has 0 saturated heterocycles. The first kappa shape index (κ1) is 16.6. The van der Waals surface area contributed by atoms with Gasteiger partial charge in [0.2, 0.25) is 5.75 Å². The van der Waals surface area contributed by atoms with Crippen molar-refractivity contribution in [2.45, 2.75) is 6.54 Å². The Morgan fingerprint density at radius 3 is 2.23 bits per heavy atom. The molecule has 118 valence electrons. The summed E-state index contributed by atoms with van der Waals surface area (Å²) >= 11 is 4.81. The Balaban J connectivity index is 2.14. The predicted octanol–water partition coefficient (Wildman–Crippen LogP) is 3.47. The maximum Gasteiger partial charge on any atom is 0.252 e. The van der Waals surface area contributed by atoms with Gasteiger partial charge in [-0.25, -0.2) is 0 Å². The zero-order chi connectivity index (χ0) is 16.1. The molecule has 1 aromatic carbocycles. The summed E-state index contributed by atoms with van der Waals surface area (Å²) in [7, 11) is 4.67. The Morgan fingerprint density at radius 2 is 1.77 bits per heavy atom. The van der Waals surface area contributed by atoms with Crippen molar-refractivity contribution >= 4 is 33.2 Å². The van der Waals surface area contributed by atoms with Gasteiger partial charge in [-0.2, -0.15) is 0 Å². The van der Waals surface area contributed by atoms with E-state index in [9.17, 15) is 4.79 Å². The Hall–Kier alpha value is -1.73. The first-order chi connectivity index (χ1) is 10.6. The van der Waals surface area contributed by atoms with Crippen LogP contribution >= 0.6 is 27.3 Å². The van der Waals surface area contributed by atoms with E-state index in [0.717, 1.165) is 9.35 Å². The van der Waals surface area contributed by atoms with E-state index in [0.29, 0.717) is 29.4 Å². The maximum atomic E-state index is 12.1.